The summed E-state index contributed by atoms with van der Waals surface area (Å²) in [4.78, 5) is 3.83. The number of halogens is 1. The number of hydrogen-bond acceptors (Lipinski definition) is 2. The Hall–Kier alpha value is -1.83. The molecule has 3 rings (SSSR count). The lowest BCUT2D eigenvalue weighted by molar-refractivity contribution is 0.273. The molecule has 3 heteroatoms. The molecule has 0 N–H and O–H groups in total. The highest BCUT2D eigenvalue weighted by molar-refractivity contribution is 7.78. The zero-order chi connectivity index (χ0) is 20.1. The number of rotatable bonds is 6. The summed E-state index contributed by atoms with van der Waals surface area (Å²) in [6.07, 6.45) is 7.96. The molecule has 0 heterocycles. The summed E-state index contributed by atoms with van der Waals surface area (Å²) in [6.45, 7) is 6.53. The van der Waals surface area contributed by atoms with E-state index in [9.17, 15) is 4.39 Å². The summed E-state index contributed by atoms with van der Waals surface area (Å²) in [5.74, 6) is 2.08. The summed E-state index contributed by atoms with van der Waals surface area (Å²) in [5, 5.41) is 2.25. The molecule has 0 spiro atoms. The molecule has 1 nitrogen and oxygen atoms in total. The first-order valence-corrected chi connectivity index (χ1v) is 10.9. The Kier molecular flexibility index (Phi) is 7.15. The Labute approximate surface area is 174 Å². The molecule has 0 radical (unpaired) electrons. The first-order valence-electron chi connectivity index (χ1n) is 10.5. The molecule has 0 saturated heterocycles. The highest BCUT2D eigenvalue weighted by Crippen LogP contribution is 2.39. The van der Waals surface area contributed by atoms with Gasteiger partial charge >= 0.3 is 0 Å². The van der Waals surface area contributed by atoms with E-state index in [2.05, 4.69) is 60.5 Å². The lowest BCUT2D eigenvalue weighted by Crippen LogP contribution is -2.15. The van der Waals surface area contributed by atoms with Crippen molar-refractivity contribution in [3.8, 4) is 11.1 Å². The van der Waals surface area contributed by atoms with Crippen LogP contribution in [0.4, 0.5) is 10.1 Å². The van der Waals surface area contributed by atoms with Gasteiger partial charge in [0.15, 0.2) is 5.82 Å². The maximum absolute atomic E-state index is 14.3. The van der Waals surface area contributed by atoms with Crippen molar-refractivity contribution in [3.05, 3.63) is 53.3 Å². The van der Waals surface area contributed by atoms with Gasteiger partial charge in [0.1, 0.15) is 5.69 Å². The minimum Gasteiger partial charge on any atom is -0.205 e. The lowest BCUT2D eigenvalue weighted by Gasteiger charge is -2.30. The molecule has 0 bridgehead atoms. The van der Waals surface area contributed by atoms with Gasteiger partial charge in [-0.25, -0.2) is 4.39 Å². The Bertz CT molecular complexity index is 820. The summed E-state index contributed by atoms with van der Waals surface area (Å²) in [5.41, 5.74) is 4.39. The molecule has 148 valence electrons. The second kappa shape index (κ2) is 9.58. The maximum Gasteiger partial charge on any atom is 0.150 e. The van der Waals surface area contributed by atoms with Gasteiger partial charge in [-0.15, -0.1) is 0 Å². The van der Waals surface area contributed by atoms with Gasteiger partial charge in [-0.3, -0.25) is 0 Å². The molecule has 2 aromatic carbocycles. The zero-order valence-electron chi connectivity index (χ0n) is 17.2. The number of benzene rings is 2. The molecule has 2 aromatic rings. The van der Waals surface area contributed by atoms with E-state index in [-0.39, 0.29) is 11.5 Å². The predicted molar refractivity (Wildman–Crippen MR) is 120 cm³/mol. The van der Waals surface area contributed by atoms with Crippen LogP contribution in [0.25, 0.3) is 11.1 Å². The van der Waals surface area contributed by atoms with E-state index in [0.717, 1.165) is 28.5 Å². The van der Waals surface area contributed by atoms with Gasteiger partial charge in [-0.1, -0.05) is 44.5 Å². The van der Waals surface area contributed by atoms with Crippen LogP contribution in [0.2, 0.25) is 0 Å². The molecule has 28 heavy (non-hydrogen) atoms. The van der Waals surface area contributed by atoms with Gasteiger partial charge in [0.2, 0.25) is 0 Å². The number of thiocarbonyl (C=S) groups is 1. The van der Waals surface area contributed by atoms with Crippen molar-refractivity contribution in [2.45, 2.75) is 65.2 Å². The lowest BCUT2D eigenvalue weighted by atomic mass is 9.75. The molecule has 1 saturated carbocycles. The van der Waals surface area contributed by atoms with Crippen LogP contribution in [-0.4, -0.2) is 5.16 Å². The van der Waals surface area contributed by atoms with Gasteiger partial charge in [0, 0.05) is 0 Å². The second-order valence-electron chi connectivity index (χ2n) is 8.42. The third-order valence-electron chi connectivity index (χ3n) is 6.41. The van der Waals surface area contributed by atoms with E-state index in [4.69, 9.17) is 0 Å². The van der Waals surface area contributed by atoms with Crippen molar-refractivity contribution >= 4 is 23.1 Å². The molecule has 0 amide bonds. The van der Waals surface area contributed by atoms with Crippen molar-refractivity contribution in [1.29, 1.82) is 0 Å². The Morgan fingerprint density at radius 1 is 1.11 bits per heavy atom. The van der Waals surface area contributed by atoms with Crippen molar-refractivity contribution in [2.75, 3.05) is 0 Å². The van der Waals surface area contributed by atoms with Crippen molar-refractivity contribution in [2.24, 2.45) is 16.8 Å². The molecular weight excluding hydrogens is 365 g/mol. The Morgan fingerprint density at radius 2 is 1.79 bits per heavy atom. The fraction of sp³-hybridized carbons (Fsp3) is 0.480. The van der Waals surface area contributed by atoms with Gasteiger partial charge in [0.05, 0.1) is 5.16 Å². The van der Waals surface area contributed by atoms with Gasteiger partial charge < -0.3 is 0 Å². The van der Waals surface area contributed by atoms with E-state index >= 15 is 0 Å². The summed E-state index contributed by atoms with van der Waals surface area (Å²) < 4.78 is 14.3. The number of hydrogen-bond donors (Lipinski definition) is 0. The number of aryl methyl sites for hydroxylation is 1. The van der Waals surface area contributed by atoms with Gasteiger partial charge in [-0.05, 0) is 103 Å². The molecule has 1 atom stereocenters. The third-order valence-corrected chi connectivity index (χ3v) is 6.50. The maximum atomic E-state index is 14.3. The SMILES string of the molecule is CCC(C)CC1CCC(c2ccc(-c3cc(C)c(N=C=S)c(F)c3)cc2)CC1. The number of nitrogens with zero attached hydrogens (tertiary/aromatic N) is 1. The average Bonchev–Trinajstić information content (AvgIpc) is 2.71. The van der Waals surface area contributed by atoms with E-state index in [1.54, 1.807) is 0 Å². The average molecular weight is 396 g/mol. The van der Waals surface area contributed by atoms with Crippen LogP contribution in [-0.2, 0) is 0 Å². The van der Waals surface area contributed by atoms with Crippen molar-refractivity contribution < 1.29 is 4.39 Å². The summed E-state index contributed by atoms with van der Waals surface area (Å²) in [6, 6.07) is 12.2. The molecule has 0 aromatic heterocycles. The van der Waals surface area contributed by atoms with Crippen molar-refractivity contribution in [1.82, 2.24) is 0 Å². The molecule has 1 aliphatic carbocycles. The van der Waals surface area contributed by atoms with Crippen LogP contribution in [0.15, 0.2) is 41.4 Å². The smallest absolute Gasteiger partial charge is 0.150 e. The van der Waals surface area contributed by atoms with Crippen LogP contribution in [0.5, 0.6) is 0 Å². The number of isothiocyanates is 1. The second-order valence-corrected chi connectivity index (χ2v) is 8.60. The third kappa shape index (κ3) is 4.96. The minimum absolute atomic E-state index is 0.282. The van der Waals surface area contributed by atoms with Crippen LogP contribution in [0.1, 0.15) is 69.4 Å². The first-order chi connectivity index (χ1) is 13.5. The predicted octanol–water partition coefficient (Wildman–Crippen LogP) is 8.25. The summed E-state index contributed by atoms with van der Waals surface area (Å²) >= 11 is 4.61. The largest absolute Gasteiger partial charge is 0.205 e. The summed E-state index contributed by atoms with van der Waals surface area (Å²) in [7, 11) is 0. The molecule has 1 aliphatic rings. The fourth-order valence-electron chi connectivity index (χ4n) is 4.51. The van der Waals surface area contributed by atoms with E-state index in [1.165, 1.54) is 50.2 Å². The molecule has 1 fully saturated rings. The minimum atomic E-state index is -0.351. The van der Waals surface area contributed by atoms with E-state index in [0.29, 0.717) is 5.92 Å². The van der Waals surface area contributed by atoms with Gasteiger partial charge in [0.25, 0.3) is 0 Å². The van der Waals surface area contributed by atoms with Crippen LogP contribution in [0, 0.1) is 24.6 Å². The van der Waals surface area contributed by atoms with Crippen LogP contribution >= 0.6 is 12.2 Å². The van der Waals surface area contributed by atoms with Crippen LogP contribution < -0.4 is 0 Å². The van der Waals surface area contributed by atoms with Crippen LogP contribution in [0.3, 0.4) is 0 Å². The van der Waals surface area contributed by atoms with Crippen molar-refractivity contribution in [3.63, 3.8) is 0 Å². The highest BCUT2D eigenvalue weighted by atomic mass is 32.1. The molecule has 0 aliphatic heterocycles. The standard InChI is InChI=1S/C25H30FNS/c1-4-17(2)13-19-5-7-20(8-6-19)21-9-11-22(12-10-21)23-14-18(3)25(27-16-28)24(26)15-23/h9-12,14-15,17,19-20H,4-8,13H2,1-3H3. The first kappa shape index (κ1) is 20.9. The quantitative estimate of drug-likeness (QED) is 0.354. The number of aliphatic imine (C=N–C) groups is 1. The Balaban J connectivity index is 1.69. The zero-order valence-corrected chi connectivity index (χ0v) is 18.0. The fourth-order valence-corrected chi connectivity index (χ4v) is 4.60. The van der Waals surface area contributed by atoms with E-state index in [1.807, 2.05) is 13.0 Å². The van der Waals surface area contributed by atoms with E-state index < -0.39 is 0 Å². The topological polar surface area (TPSA) is 12.4 Å². The van der Waals surface area contributed by atoms with Gasteiger partial charge in [-0.2, -0.15) is 4.99 Å². The molecule has 1 unspecified atom stereocenters. The highest BCUT2D eigenvalue weighted by Gasteiger charge is 2.23. The normalized spacial score (nSPS) is 20.4. The Morgan fingerprint density at radius 3 is 2.36 bits per heavy atom. The molecular formula is C25H30FNS. The monoisotopic (exact) mass is 395 g/mol.